The fourth-order valence-electron chi connectivity index (χ4n) is 4.26. The van der Waals surface area contributed by atoms with Gasteiger partial charge < -0.3 is 15.0 Å². The van der Waals surface area contributed by atoms with Crippen molar-refractivity contribution in [1.82, 2.24) is 15.1 Å². The Bertz CT molecular complexity index is 575. The van der Waals surface area contributed by atoms with Crippen molar-refractivity contribution in [2.75, 3.05) is 52.5 Å². The first-order valence-corrected chi connectivity index (χ1v) is 9.24. The number of hydrogen-bond donors (Lipinski definition) is 1. The first-order chi connectivity index (χ1) is 11.8. The van der Waals surface area contributed by atoms with Crippen LogP contribution in [0.3, 0.4) is 0 Å². The van der Waals surface area contributed by atoms with Gasteiger partial charge in [-0.15, -0.1) is 0 Å². The van der Waals surface area contributed by atoms with Crippen LogP contribution in [-0.2, 0) is 9.53 Å². The number of nitrogens with one attached hydrogen (secondary N) is 1. The minimum atomic E-state index is 0.232. The molecule has 2 saturated heterocycles. The molecular formula is C19H27N3O2. The van der Waals surface area contributed by atoms with Crippen LogP contribution in [0.1, 0.15) is 12.8 Å². The van der Waals surface area contributed by atoms with Gasteiger partial charge in [0.15, 0.2) is 0 Å². The van der Waals surface area contributed by atoms with Crippen LogP contribution in [0.5, 0.6) is 0 Å². The maximum Gasteiger partial charge on any atom is 0.251 e. The predicted octanol–water partition coefficient (Wildman–Crippen LogP) is 0.952. The normalized spacial score (nSPS) is 29.5. The molecule has 5 heteroatoms. The number of carbonyl (C=O) groups excluding carboxylic acids is 1. The molecule has 0 spiro atoms. The van der Waals surface area contributed by atoms with E-state index < -0.39 is 0 Å². The van der Waals surface area contributed by atoms with E-state index in [0.717, 1.165) is 64.4 Å². The maximum absolute atomic E-state index is 12.7. The Morgan fingerprint density at radius 1 is 1.25 bits per heavy atom. The number of amides is 1. The van der Waals surface area contributed by atoms with Gasteiger partial charge in [-0.1, -0.05) is 18.2 Å². The highest BCUT2D eigenvalue weighted by Crippen LogP contribution is 2.37. The van der Waals surface area contributed by atoms with E-state index in [-0.39, 0.29) is 5.91 Å². The molecule has 1 amide bonds. The van der Waals surface area contributed by atoms with Crippen LogP contribution < -0.4 is 5.32 Å². The zero-order valence-electron chi connectivity index (χ0n) is 14.2. The monoisotopic (exact) mass is 329 g/mol. The second-order valence-corrected chi connectivity index (χ2v) is 7.10. The number of carbonyl (C=O) groups is 1. The Morgan fingerprint density at radius 3 is 3.00 bits per heavy atom. The van der Waals surface area contributed by atoms with E-state index in [9.17, 15) is 4.79 Å². The summed E-state index contributed by atoms with van der Waals surface area (Å²) in [5.74, 6) is 0.754. The lowest BCUT2D eigenvalue weighted by Crippen LogP contribution is -2.45. The topological polar surface area (TPSA) is 44.8 Å². The summed E-state index contributed by atoms with van der Waals surface area (Å²) in [7, 11) is 0. The molecule has 4 aliphatic rings. The molecular weight excluding hydrogens is 302 g/mol. The van der Waals surface area contributed by atoms with Gasteiger partial charge in [-0.2, -0.15) is 0 Å². The van der Waals surface area contributed by atoms with Crippen molar-refractivity contribution in [2.45, 2.75) is 18.9 Å². The molecule has 3 heterocycles. The van der Waals surface area contributed by atoms with Gasteiger partial charge in [0.05, 0.1) is 19.3 Å². The second kappa shape index (κ2) is 7.21. The first-order valence-electron chi connectivity index (χ1n) is 9.24. The van der Waals surface area contributed by atoms with E-state index in [1.807, 2.05) is 0 Å². The number of morpholine rings is 1. The fraction of sp³-hybridized carbons (Fsp3) is 0.632. The van der Waals surface area contributed by atoms with Crippen molar-refractivity contribution in [3.63, 3.8) is 0 Å². The lowest BCUT2D eigenvalue weighted by Gasteiger charge is -2.34. The lowest BCUT2D eigenvalue weighted by atomic mass is 9.86. The van der Waals surface area contributed by atoms with Crippen LogP contribution in [0.4, 0.5) is 0 Å². The minimum absolute atomic E-state index is 0.232. The molecule has 0 saturated carbocycles. The van der Waals surface area contributed by atoms with Crippen molar-refractivity contribution >= 4 is 5.91 Å². The minimum Gasteiger partial charge on any atom is -0.379 e. The predicted molar refractivity (Wildman–Crippen MR) is 93.7 cm³/mol. The van der Waals surface area contributed by atoms with E-state index in [1.54, 1.807) is 0 Å². The summed E-state index contributed by atoms with van der Waals surface area (Å²) in [5.41, 5.74) is 2.23. The van der Waals surface area contributed by atoms with Crippen LogP contribution in [0.2, 0.25) is 0 Å². The Balaban J connectivity index is 1.27. The molecule has 2 atom stereocenters. The molecule has 4 rings (SSSR count). The number of ether oxygens (including phenoxy) is 1. The zero-order valence-corrected chi connectivity index (χ0v) is 14.2. The zero-order chi connectivity index (χ0) is 16.4. The average Bonchev–Trinajstić information content (AvgIpc) is 3.05. The summed E-state index contributed by atoms with van der Waals surface area (Å²) in [6.45, 7) is 7.43. The molecule has 0 aromatic heterocycles. The Labute approximate surface area is 144 Å². The van der Waals surface area contributed by atoms with E-state index in [1.165, 1.54) is 5.57 Å². The summed E-state index contributed by atoms with van der Waals surface area (Å²) >= 11 is 0. The third-order valence-electron chi connectivity index (χ3n) is 5.56. The van der Waals surface area contributed by atoms with Crippen molar-refractivity contribution in [1.29, 1.82) is 0 Å². The molecule has 130 valence electrons. The molecule has 5 nitrogen and oxygen atoms in total. The van der Waals surface area contributed by atoms with Gasteiger partial charge in [0.2, 0.25) is 0 Å². The molecule has 0 aromatic rings. The fourth-order valence-corrected chi connectivity index (χ4v) is 4.26. The maximum atomic E-state index is 12.7. The van der Waals surface area contributed by atoms with Gasteiger partial charge in [0.1, 0.15) is 0 Å². The van der Waals surface area contributed by atoms with E-state index in [2.05, 4.69) is 39.4 Å². The summed E-state index contributed by atoms with van der Waals surface area (Å²) in [5, 5.41) is 3.46. The molecule has 1 N–H and O–H groups in total. The number of rotatable bonds is 6. The van der Waals surface area contributed by atoms with Gasteiger partial charge in [0.25, 0.3) is 5.91 Å². The summed E-state index contributed by atoms with van der Waals surface area (Å²) in [6, 6.07) is 0.299. The standard InChI is InChI=1S/C19H27N3O2/c23-19-17(14-20-6-2-7-21-9-11-24-12-10-21)13-16-4-1-3-15-5-8-22(19)18(15)16/h1,3-4,13,15,18,20H,2,5-12,14H2. The first kappa shape index (κ1) is 16.1. The van der Waals surface area contributed by atoms with Crippen LogP contribution in [-0.4, -0.2) is 74.2 Å². The van der Waals surface area contributed by atoms with E-state index >= 15 is 0 Å². The van der Waals surface area contributed by atoms with Crippen molar-refractivity contribution < 1.29 is 9.53 Å². The van der Waals surface area contributed by atoms with Gasteiger partial charge in [-0.25, -0.2) is 0 Å². The van der Waals surface area contributed by atoms with Crippen molar-refractivity contribution in [2.24, 2.45) is 5.92 Å². The molecule has 3 aliphatic heterocycles. The molecule has 0 aromatic carbocycles. The second-order valence-electron chi connectivity index (χ2n) is 7.10. The molecule has 24 heavy (non-hydrogen) atoms. The van der Waals surface area contributed by atoms with Gasteiger partial charge >= 0.3 is 0 Å². The summed E-state index contributed by atoms with van der Waals surface area (Å²) in [6.07, 6.45) is 10.9. The molecule has 2 unspecified atom stereocenters. The summed E-state index contributed by atoms with van der Waals surface area (Å²) in [4.78, 5) is 17.2. The average molecular weight is 329 g/mol. The smallest absolute Gasteiger partial charge is 0.251 e. The number of hydrogen-bond acceptors (Lipinski definition) is 4. The van der Waals surface area contributed by atoms with Crippen molar-refractivity contribution in [3.05, 3.63) is 35.5 Å². The number of nitrogens with zero attached hydrogens (tertiary/aromatic N) is 2. The van der Waals surface area contributed by atoms with Crippen LogP contribution in [0, 0.1) is 5.92 Å². The summed E-state index contributed by atoms with van der Waals surface area (Å²) < 4.78 is 5.37. The van der Waals surface area contributed by atoms with E-state index in [4.69, 9.17) is 4.74 Å². The highest BCUT2D eigenvalue weighted by atomic mass is 16.5. The Hall–Kier alpha value is -1.43. The van der Waals surface area contributed by atoms with Crippen LogP contribution >= 0.6 is 0 Å². The highest BCUT2D eigenvalue weighted by molar-refractivity contribution is 5.97. The van der Waals surface area contributed by atoms with Gasteiger partial charge in [-0.05, 0) is 37.6 Å². The Kier molecular flexibility index (Phi) is 4.83. The highest BCUT2D eigenvalue weighted by Gasteiger charge is 2.41. The Morgan fingerprint density at radius 2 is 2.12 bits per heavy atom. The van der Waals surface area contributed by atoms with E-state index in [0.29, 0.717) is 18.5 Å². The van der Waals surface area contributed by atoms with Crippen molar-refractivity contribution in [3.8, 4) is 0 Å². The largest absolute Gasteiger partial charge is 0.379 e. The quantitative estimate of drug-likeness (QED) is 0.737. The van der Waals surface area contributed by atoms with Gasteiger partial charge in [0, 0.05) is 37.7 Å². The molecule has 0 radical (unpaired) electrons. The third kappa shape index (κ3) is 3.21. The molecule has 0 bridgehead atoms. The van der Waals surface area contributed by atoms with Crippen LogP contribution in [0.15, 0.2) is 35.5 Å². The molecule has 2 fully saturated rings. The number of allylic oxidation sites excluding steroid dienone is 2. The SMILES string of the molecule is O=C1C(CNCCCN2CCOCC2)=CC2=CC=CC3CCN1C23. The molecule has 1 aliphatic carbocycles. The lowest BCUT2D eigenvalue weighted by molar-refractivity contribution is -0.128. The van der Waals surface area contributed by atoms with Crippen LogP contribution in [0.25, 0.3) is 0 Å². The van der Waals surface area contributed by atoms with Gasteiger partial charge in [-0.3, -0.25) is 9.69 Å². The third-order valence-corrected chi connectivity index (χ3v) is 5.56.